The predicted molar refractivity (Wildman–Crippen MR) is 112 cm³/mol. The van der Waals surface area contributed by atoms with Gasteiger partial charge in [-0.05, 0) is 49.4 Å². The maximum atomic E-state index is 12.8. The molecule has 0 amide bonds. The summed E-state index contributed by atoms with van der Waals surface area (Å²) in [5, 5.41) is 13.0. The zero-order chi connectivity index (χ0) is 23.0. The third kappa shape index (κ3) is 4.30. The van der Waals surface area contributed by atoms with Gasteiger partial charge < -0.3 is 10.4 Å². The fourth-order valence-corrected chi connectivity index (χ4v) is 3.18. The zero-order valence-corrected chi connectivity index (χ0v) is 17.0. The lowest BCUT2D eigenvalue weighted by Crippen LogP contribution is -2.06. The molecule has 4 rings (SSSR count). The van der Waals surface area contributed by atoms with Crippen LogP contribution in [0.15, 0.2) is 48.7 Å². The molecule has 4 aromatic heterocycles. The molecule has 0 fully saturated rings. The molecular weight excluding hydrogens is 447 g/mol. The number of halogens is 4. The van der Waals surface area contributed by atoms with E-state index < -0.39 is 17.7 Å². The second kappa shape index (κ2) is 8.04. The average Bonchev–Trinajstić information content (AvgIpc) is 2.73. The van der Waals surface area contributed by atoms with E-state index >= 15 is 0 Å². The highest BCUT2D eigenvalue weighted by Gasteiger charge is 2.30. The van der Waals surface area contributed by atoms with Gasteiger partial charge >= 0.3 is 12.1 Å². The van der Waals surface area contributed by atoms with Gasteiger partial charge in [0, 0.05) is 17.3 Å². The Morgan fingerprint density at radius 3 is 2.50 bits per heavy atom. The Hall–Kier alpha value is -3.79. The maximum Gasteiger partial charge on any atom is 0.417 e. The first-order valence-corrected chi connectivity index (χ1v) is 9.48. The fraction of sp³-hybridized carbons (Fsp3) is 0.0952. The van der Waals surface area contributed by atoms with Gasteiger partial charge in [-0.3, -0.25) is 0 Å². The van der Waals surface area contributed by atoms with Crippen molar-refractivity contribution in [2.75, 3.05) is 5.32 Å². The Bertz CT molecular complexity index is 1340. The molecule has 0 aliphatic rings. The number of hydrogen-bond donors (Lipinski definition) is 2. The van der Waals surface area contributed by atoms with E-state index in [2.05, 4.69) is 25.3 Å². The Balaban J connectivity index is 1.74. The van der Waals surface area contributed by atoms with E-state index in [0.717, 1.165) is 12.3 Å². The van der Waals surface area contributed by atoms with Crippen molar-refractivity contribution < 1.29 is 23.1 Å². The first-order valence-electron chi connectivity index (χ1n) is 9.11. The van der Waals surface area contributed by atoms with Crippen molar-refractivity contribution in [3.63, 3.8) is 0 Å². The van der Waals surface area contributed by atoms with Gasteiger partial charge in [0.15, 0.2) is 5.65 Å². The Labute approximate surface area is 184 Å². The molecule has 11 heteroatoms. The summed E-state index contributed by atoms with van der Waals surface area (Å²) in [6.45, 7) is 1.73. The SMILES string of the molecule is Cc1cc(Nc2ccc(C(F)(F)F)cn2)c2ccc(-c3nc(C(=O)O)ccc3Cl)nc2n1. The van der Waals surface area contributed by atoms with Crippen LogP contribution in [0.1, 0.15) is 21.7 Å². The molecule has 0 spiro atoms. The van der Waals surface area contributed by atoms with Crippen molar-refractivity contribution in [1.82, 2.24) is 19.9 Å². The van der Waals surface area contributed by atoms with E-state index in [0.29, 0.717) is 28.1 Å². The summed E-state index contributed by atoms with van der Waals surface area (Å²) in [6, 6.07) is 9.87. The number of fused-ring (bicyclic) bond motifs is 1. The van der Waals surface area contributed by atoms with Crippen LogP contribution in [0, 0.1) is 6.92 Å². The van der Waals surface area contributed by atoms with E-state index in [1.165, 1.54) is 18.2 Å². The first kappa shape index (κ1) is 21.4. The topological polar surface area (TPSA) is 101 Å². The number of carboxylic acid groups (broad SMARTS) is 1. The fourth-order valence-electron chi connectivity index (χ4n) is 2.98. The molecule has 0 bridgehead atoms. The lowest BCUT2D eigenvalue weighted by molar-refractivity contribution is -0.137. The number of carbonyl (C=O) groups is 1. The predicted octanol–water partition coefficient (Wildman–Crippen LogP) is 5.51. The smallest absolute Gasteiger partial charge is 0.417 e. The van der Waals surface area contributed by atoms with Gasteiger partial charge in [-0.2, -0.15) is 13.2 Å². The van der Waals surface area contributed by atoms with Gasteiger partial charge in [-0.25, -0.2) is 24.7 Å². The van der Waals surface area contributed by atoms with Gasteiger partial charge in [0.05, 0.1) is 22.0 Å². The Morgan fingerprint density at radius 1 is 1.06 bits per heavy atom. The maximum absolute atomic E-state index is 12.8. The van der Waals surface area contributed by atoms with E-state index in [1.807, 2.05) is 0 Å². The van der Waals surface area contributed by atoms with E-state index in [-0.39, 0.29) is 22.2 Å². The van der Waals surface area contributed by atoms with Crippen molar-refractivity contribution in [3.05, 3.63) is 70.6 Å². The minimum absolute atomic E-state index is 0.181. The summed E-state index contributed by atoms with van der Waals surface area (Å²) < 4.78 is 38.3. The summed E-state index contributed by atoms with van der Waals surface area (Å²) in [7, 11) is 0. The molecule has 0 saturated heterocycles. The minimum Gasteiger partial charge on any atom is -0.477 e. The first-order chi connectivity index (χ1) is 15.1. The number of anilines is 2. The van der Waals surface area contributed by atoms with E-state index in [1.54, 1.807) is 25.1 Å². The highest BCUT2D eigenvalue weighted by atomic mass is 35.5. The molecule has 4 heterocycles. The number of aromatic nitrogens is 4. The van der Waals surface area contributed by atoms with E-state index in [9.17, 15) is 23.1 Å². The third-order valence-corrected chi connectivity index (χ3v) is 4.77. The number of pyridine rings is 4. The molecule has 162 valence electrons. The standard InChI is InChI=1S/C21H13ClF3N5O2/c1-10-8-16(28-17-7-2-11(9-26-17)21(23,24)25)12-3-5-14(30-19(12)27-10)18-13(22)4-6-15(29-18)20(31)32/h2-9H,1H3,(H,31,32)(H,26,27,28,30). The molecule has 0 aliphatic carbocycles. The summed E-state index contributed by atoms with van der Waals surface area (Å²) >= 11 is 6.18. The molecule has 0 radical (unpaired) electrons. The number of aryl methyl sites for hydroxylation is 1. The lowest BCUT2D eigenvalue weighted by atomic mass is 10.1. The van der Waals surface area contributed by atoms with Crippen molar-refractivity contribution in [1.29, 1.82) is 0 Å². The van der Waals surface area contributed by atoms with Gasteiger partial charge in [-0.15, -0.1) is 0 Å². The monoisotopic (exact) mass is 459 g/mol. The van der Waals surface area contributed by atoms with Crippen LogP contribution in [-0.4, -0.2) is 31.0 Å². The largest absolute Gasteiger partial charge is 0.477 e. The normalized spacial score (nSPS) is 11.5. The number of nitrogens with zero attached hydrogens (tertiary/aromatic N) is 4. The van der Waals surface area contributed by atoms with Crippen molar-refractivity contribution in [2.45, 2.75) is 13.1 Å². The quantitative estimate of drug-likeness (QED) is 0.415. The van der Waals surface area contributed by atoms with Crippen LogP contribution < -0.4 is 5.32 Å². The lowest BCUT2D eigenvalue weighted by Gasteiger charge is -2.12. The van der Waals surface area contributed by atoms with Crippen LogP contribution >= 0.6 is 11.6 Å². The number of alkyl halides is 3. The molecule has 0 aliphatic heterocycles. The highest BCUT2D eigenvalue weighted by Crippen LogP contribution is 2.32. The van der Waals surface area contributed by atoms with Crippen molar-refractivity contribution in [2.24, 2.45) is 0 Å². The Morgan fingerprint density at radius 2 is 1.84 bits per heavy atom. The molecule has 4 aromatic rings. The number of carboxylic acids is 1. The van der Waals surface area contributed by atoms with Crippen LogP contribution in [-0.2, 0) is 6.18 Å². The average molecular weight is 460 g/mol. The van der Waals surface area contributed by atoms with E-state index in [4.69, 9.17) is 11.6 Å². The number of aromatic carboxylic acids is 1. The van der Waals surface area contributed by atoms with Crippen LogP contribution in [0.4, 0.5) is 24.7 Å². The number of hydrogen-bond acceptors (Lipinski definition) is 6. The Kier molecular flexibility index (Phi) is 5.39. The van der Waals surface area contributed by atoms with Crippen LogP contribution in [0.2, 0.25) is 5.02 Å². The summed E-state index contributed by atoms with van der Waals surface area (Å²) in [6.07, 6.45) is -3.73. The number of rotatable bonds is 4. The summed E-state index contributed by atoms with van der Waals surface area (Å²) in [5.74, 6) is -0.985. The molecule has 2 N–H and O–H groups in total. The molecule has 32 heavy (non-hydrogen) atoms. The second-order valence-electron chi connectivity index (χ2n) is 6.77. The summed E-state index contributed by atoms with van der Waals surface area (Å²) in [5.41, 5.74) is 0.929. The highest BCUT2D eigenvalue weighted by molar-refractivity contribution is 6.33. The molecule has 0 atom stereocenters. The minimum atomic E-state index is -4.47. The zero-order valence-electron chi connectivity index (χ0n) is 16.3. The van der Waals surface area contributed by atoms with Crippen molar-refractivity contribution >= 4 is 40.1 Å². The van der Waals surface area contributed by atoms with Gasteiger partial charge in [-0.1, -0.05) is 11.6 Å². The van der Waals surface area contributed by atoms with Crippen LogP contribution in [0.5, 0.6) is 0 Å². The van der Waals surface area contributed by atoms with Gasteiger partial charge in [0.25, 0.3) is 0 Å². The second-order valence-corrected chi connectivity index (χ2v) is 7.17. The van der Waals surface area contributed by atoms with Gasteiger partial charge in [0.1, 0.15) is 17.2 Å². The molecule has 0 aromatic carbocycles. The van der Waals surface area contributed by atoms with Crippen LogP contribution in [0.3, 0.4) is 0 Å². The molecule has 0 unspecified atom stereocenters. The molecule has 7 nitrogen and oxygen atoms in total. The molecule has 0 saturated carbocycles. The number of nitrogens with one attached hydrogen (secondary N) is 1. The molecular formula is C21H13ClF3N5O2. The summed E-state index contributed by atoms with van der Waals surface area (Å²) in [4.78, 5) is 28.0. The van der Waals surface area contributed by atoms with Crippen LogP contribution in [0.25, 0.3) is 22.4 Å². The third-order valence-electron chi connectivity index (χ3n) is 4.46. The van der Waals surface area contributed by atoms with Gasteiger partial charge in [0.2, 0.25) is 0 Å². The van der Waals surface area contributed by atoms with Crippen molar-refractivity contribution in [3.8, 4) is 11.4 Å².